The Kier molecular flexibility index (Phi) is 7.43. The fraction of sp³-hybridized carbons (Fsp3) is 0.333. The molecule has 0 fully saturated rings. The van der Waals surface area contributed by atoms with Crippen LogP contribution in [-0.4, -0.2) is 45.4 Å². The van der Waals surface area contributed by atoms with Gasteiger partial charge in [-0.05, 0) is 48.4 Å². The van der Waals surface area contributed by atoms with Crippen LogP contribution in [0.4, 0.5) is 0 Å². The van der Waals surface area contributed by atoms with E-state index in [4.69, 9.17) is 14.0 Å². The Morgan fingerprint density at radius 3 is 2.30 bits per heavy atom. The van der Waals surface area contributed by atoms with Crippen molar-refractivity contribution in [1.29, 1.82) is 0 Å². The zero-order valence-corrected chi connectivity index (χ0v) is 15.9. The average molecular weight is 397 g/mol. The monoisotopic (exact) mass is 397 g/mol. The minimum absolute atomic E-state index is 0.0325. The molecule has 3 N–H and O–H groups in total. The van der Waals surface area contributed by atoms with Crippen LogP contribution in [0.5, 0.6) is 17.2 Å². The lowest BCUT2D eigenvalue weighted by Gasteiger charge is -2.13. The molecule has 1 unspecified atom stereocenters. The quantitative estimate of drug-likeness (QED) is 0.410. The second-order valence-electron chi connectivity index (χ2n) is 5.74. The molecule has 0 aromatic heterocycles. The van der Waals surface area contributed by atoms with E-state index in [-0.39, 0.29) is 5.75 Å². The summed E-state index contributed by atoms with van der Waals surface area (Å²) >= 11 is 0. The maximum Gasteiger partial charge on any atom is 0.446 e. The Morgan fingerprint density at radius 1 is 1.04 bits per heavy atom. The van der Waals surface area contributed by atoms with Gasteiger partial charge >= 0.3 is 10.4 Å². The number of hydrogen-bond donors (Lipinski definition) is 3. The molecule has 0 aliphatic rings. The maximum atomic E-state index is 10.6. The molecule has 8 nitrogen and oxygen atoms in total. The highest BCUT2D eigenvalue weighted by atomic mass is 32.3. The highest BCUT2D eigenvalue weighted by Crippen LogP contribution is 2.27. The number of aliphatic hydroxyl groups excluding tert-OH is 1. The SMILES string of the molecule is COc1ccc(CCNCC(O)c2ccc(OS(=O)(=O)O)cc2)cc1OC. The topological polar surface area (TPSA) is 114 Å². The molecule has 27 heavy (non-hydrogen) atoms. The predicted molar refractivity (Wildman–Crippen MR) is 99.7 cm³/mol. The minimum atomic E-state index is -4.56. The van der Waals surface area contributed by atoms with E-state index >= 15 is 0 Å². The summed E-state index contributed by atoms with van der Waals surface area (Å²) in [5.74, 6) is 1.31. The summed E-state index contributed by atoms with van der Waals surface area (Å²) in [5, 5.41) is 13.3. The second kappa shape index (κ2) is 9.56. The molecule has 2 aromatic rings. The Labute approximate surface area is 158 Å². The van der Waals surface area contributed by atoms with Crippen molar-refractivity contribution < 1.29 is 31.7 Å². The van der Waals surface area contributed by atoms with Crippen molar-refractivity contribution in [3.8, 4) is 17.2 Å². The Hall–Kier alpha value is -2.33. The first kappa shape index (κ1) is 21.0. The molecule has 148 valence electrons. The number of rotatable bonds is 10. The first-order chi connectivity index (χ1) is 12.8. The van der Waals surface area contributed by atoms with E-state index in [2.05, 4.69) is 9.50 Å². The van der Waals surface area contributed by atoms with Crippen LogP contribution >= 0.6 is 0 Å². The van der Waals surface area contributed by atoms with Gasteiger partial charge in [-0.25, -0.2) is 0 Å². The largest absolute Gasteiger partial charge is 0.493 e. The number of nitrogens with one attached hydrogen (secondary N) is 1. The van der Waals surface area contributed by atoms with E-state index in [1.54, 1.807) is 14.2 Å². The molecule has 0 amide bonds. The van der Waals surface area contributed by atoms with Crippen LogP contribution in [0.2, 0.25) is 0 Å². The number of hydrogen-bond acceptors (Lipinski definition) is 7. The molecule has 0 radical (unpaired) electrons. The summed E-state index contributed by atoms with van der Waals surface area (Å²) in [4.78, 5) is 0. The highest BCUT2D eigenvalue weighted by Gasteiger charge is 2.10. The van der Waals surface area contributed by atoms with E-state index in [9.17, 15) is 13.5 Å². The normalized spacial score (nSPS) is 12.4. The highest BCUT2D eigenvalue weighted by molar-refractivity contribution is 7.81. The van der Waals surface area contributed by atoms with Crippen LogP contribution in [0.1, 0.15) is 17.2 Å². The third kappa shape index (κ3) is 6.72. The van der Waals surface area contributed by atoms with Crippen molar-refractivity contribution in [2.75, 3.05) is 27.3 Å². The van der Waals surface area contributed by atoms with Gasteiger partial charge < -0.3 is 24.1 Å². The molecule has 2 aromatic carbocycles. The molecule has 0 saturated heterocycles. The summed E-state index contributed by atoms with van der Waals surface area (Å²) in [6.45, 7) is 0.974. The number of ether oxygens (including phenoxy) is 2. The lowest BCUT2D eigenvalue weighted by molar-refractivity contribution is 0.175. The van der Waals surface area contributed by atoms with Gasteiger partial charge in [0.25, 0.3) is 0 Å². The Morgan fingerprint density at radius 2 is 1.70 bits per heavy atom. The van der Waals surface area contributed by atoms with Gasteiger partial charge in [-0.1, -0.05) is 18.2 Å². The fourth-order valence-corrected chi connectivity index (χ4v) is 2.85. The number of aliphatic hydroxyl groups is 1. The summed E-state index contributed by atoms with van der Waals surface area (Å²) in [6, 6.07) is 11.5. The summed E-state index contributed by atoms with van der Waals surface area (Å²) < 4.78 is 44.7. The first-order valence-corrected chi connectivity index (χ1v) is 9.55. The lowest BCUT2D eigenvalue weighted by atomic mass is 10.1. The van der Waals surface area contributed by atoms with Crippen LogP contribution in [0.15, 0.2) is 42.5 Å². The van der Waals surface area contributed by atoms with Gasteiger partial charge in [0.05, 0.1) is 20.3 Å². The molecule has 1 atom stereocenters. The van der Waals surface area contributed by atoms with Gasteiger partial charge in [-0.3, -0.25) is 4.55 Å². The van der Waals surface area contributed by atoms with Crippen molar-refractivity contribution in [2.24, 2.45) is 0 Å². The van der Waals surface area contributed by atoms with Gasteiger partial charge in [0.1, 0.15) is 5.75 Å². The number of methoxy groups -OCH3 is 2. The van der Waals surface area contributed by atoms with E-state index in [1.807, 2.05) is 18.2 Å². The van der Waals surface area contributed by atoms with E-state index in [1.165, 1.54) is 24.3 Å². The Balaban J connectivity index is 1.81. The van der Waals surface area contributed by atoms with Gasteiger partial charge in [0.2, 0.25) is 0 Å². The smallest absolute Gasteiger partial charge is 0.446 e. The van der Waals surface area contributed by atoms with Crippen molar-refractivity contribution in [1.82, 2.24) is 5.32 Å². The van der Waals surface area contributed by atoms with Crippen molar-refractivity contribution in [3.63, 3.8) is 0 Å². The zero-order valence-electron chi connectivity index (χ0n) is 15.1. The molecule has 0 aliphatic heterocycles. The van der Waals surface area contributed by atoms with Crippen molar-refractivity contribution >= 4 is 10.4 Å². The lowest BCUT2D eigenvalue weighted by Crippen LogP contribution is -2.23. The summed E-state index contributed by atoms with van der Waals surface area (Å²) in [6.07, 6.45) is -0.0241. The van der Waals surface area contributed by atoms with Gasteiger partial charge in [0.15, 0.2) is 11.5 Å². The fourth-order valence-electron chi connectivity index (χ4n) is 2.49. The third-order valence-corrected chi connectivity index (χ3v) is 4.25. The Bertz CT molecular complexity index is 837. The van der Waals surface area contributed by atoms with E-state index in [0.717, 1.165) is 12.0 Å². The van der Waals surface area contributed by atoms with Gasteiger partial charge in [-0.2, -0.15) is 8.42 Å². The molecule has 0 saturated carbocycles. The zero-order chi connectivity index (χ0) is 19.9. The van der Waals surface area contributed by atoms with E-state index in [0.29, 0.717) is 30.2 Å². The molecule has 9 heteroatoms. The van der Waals surface area contributed by atoms with Crippen LogP contribution in [0.25, 0.3) is 0 Å². The van der Waals surface area contributed by atoms with Crippen LogP contribution in [0.3, 0.4) is 0 Å². The predicted octanol–water partition coefficient (Wildman–Crippen LogP) is 1.75. The molecule has 0 heterocycles. The second-order valence-corrected chi connectivity index (χ2v) is 6.76. The molecular formula is C18H23NO7S. The third-order valence-electron chi connectivity index (χ3n) is 3.84. The summed E-state index contributed by atoms with van der Waals surface area (Å²) in [7, 11) is -1.38. The molecule has 0 spiro atoms. The van der Waals surface area contributed by atoms with Crippen LogP contribution in [-0.2, 0) is 16.8 Å². The molecule has 0 bridgehead atoms. The van der Waals surface area contributed by atoms with Gasteiger partial charge in [0, 0.05) is 6.54 Å². The van der Waals surface area contributed by atoms with Gasteiger partial charge in [-0.15, -0.1) is 0 Å². The molecule has 0 aliphatic carbocycles. The van der Waals surface area contributed by atoms with Crippen molar-refractivity contribution in [3.05, 3.63) is 53.6 Å². The van der Waals surface area contributed by atoms with Crippen LogP contribution in [0, 0.1) is 0 Å². The standard InChI is InChI=1S/C18H23NO7S/c1-24-17-8-3-13(11-18(17)25-2)9-10-19-12-16(20)14-4-6-15(7-5-14)26-27(21,22)23/h3-8,11,16,19-20H,9-10,12H2,1-2H3,(H,21,22,23). The van der Waals surface area contributed by atoms with E-state index < -0.39 is 16.5 Å². The number of benzene rings is 2. The van der Waals surface area contributed by atoms with Crippen LogP contribution < -0.4 is 19.0 Å². The molecule has 2 rings (SSSR count). The minimum Gasteiger partial charge on any atom is -0.493 e. The summed E-state index contributed by atoms with van der Waals surface area (Å²) in [5.41, 5.74) is 1.66. The van der Waals surface area contributed by atoms with Crippen molar-refractivity contribution in [2.45, 2.75) is 12.5 Å². The maximum absolute atomic E-state index is 10.6. The first-order valence-electron chi connectivity index (χ1n) is 8.19. The average Bonchev–Trinajstić information content (AvgIpc) is 2.64. The molecular weight excluding hydrogens is 374 g/mol.